The molecule has 0 unspecified atom stereocenters. The predicted molar refractivity (Wildman–Crippen MR) is 90.4 cm³/mol. The fraction of sp³-hybridized carbons (Fsp3) is 0.471. The third-order valence-corrected chi connectivity index (χ3v) is 6.23. The molecule has 2 heterocycles. The van der Waals surface area contributed by atoms with Crippen molar-refractivity contribution in [1.82, 2.24) is 14.7 Å². The second-order valence-corrected chi connectivity index (χ2v) is 8.58. The quantitative estimate of drug-likeness (QED) is 0.841. The molecule has 0 N–H and O–H groups in total. The SMILES string of the molecule is Cc1ccc(C)c(S(=O)(=O)CCN2CC(n3cc(C)cn3)C2)c1. The van der Waals surface area contributed by atoms with Crippen LogP contribution >= 0.6 is 0 Å². The molecule has 2 aromatic rings. The summed E-state index contributed by atoms with van der Waals surface area (Å²) in [6.45, 7) is 8.10. The van der Waals surface area contributed by atoms with Crippen LogP contribution in [0.25, 0.3) is 0 Å². The lowest BCUT2D eigenvalue weighted by Gasteiger charge is -2.39. The molecule has 1 aromatic carbocycles. The van der Waals surface area contributed by atoms with Gasteiger partial charge in [0.25, 0.3) is 0 Å². The van der Waals surface area contributed by atoms with Gasteiger partial charge in [-0.05, 0) is 43.5 Å². The van der Waals surface area contributed by atoms with Crippen molar-refractivity contribution in [2.75, 3.05) is 25.4 Å². The maximum atomic E-state index is 12.6. The Kier molecular flexibility index (Phi) is 4.29. The van der Waals surface area contributed by atoms with E-state index in [1.54, 1.807) is 6.07 Å². The summed E-state index contributed by atoms with van der Waals surface area (Å²) in [6.07, 6.45) is 3.89. The van der Waals surface area contributed by atoms with Crippen LogP contribution in [0.2, 0.25) is 0 Å². The second-order valence-electron chi connectivity index (χ2n) is 6.50. The minimum atomic E-state index is -3.23. The van der Waals surface area contributed by atoms with E-state index in [2.05, 4.69) is 10.00 Å². The molecule has 124 valence electrons. The topological polar surface area (TPSA) is 55.2 Å². The van der Waals surface area contributed by atoms with Gasteiger partial charge in [0, 0.05) is 25.8 Å². The molecule has 0 bridgehead atoms. The van der Waals surface area contributed by atoms with Crippen molar-refractivity contribution in [2.24, 2.45) is 0 Å². The third-order valence-electron chi connectivity index (χ3n) is 4.40. The molecule has 5 nitrogen and oxygen atoms in total. The molecule has 0 amide bonds. The first-order chi connectivity index (χ1) is 10.8. The minimum Gasteiger partial charge on any atom is -0.298 e. The zero-order valence-corrected chi connectivity index (χ0v) is 14.7. The number of hydrogen-bond acceptors (Lipinski definition) is 4. The summed E-state index contributed by atoms with van der Waals surface area (Å²) in [6, 6.07) is 5.96. The monoisotopic (exact) mass is 333 g/mol. The smallest absolute Gasteiger partial charge is 0.179 e. The first-order valence-corrected chi connectivity index (χ1v) is 9.53. The van der Waals surface area contributed by atoms with E-state index in [9.17, 15) is 8.42 Å². The zero-order chi connectivity index (χ0) is 16.6. The van der Waals surface area contributed by atoms with Gasteiger partial charge < -0.3 is 0 Å². The van der Waals surface area contributed by atoms with Crippen LogP contribution in [-0.4, -0.2) is 48.5 Å². The van der Waals surface area contributed by atoms with Gasteiger partial charge in [0.1, 0.15) is 0 Å². The van der Waals surface area contributed by atoms with Crippen molar-refractivity contribution in [3.8, 4) is 0 Å². The van der Waals surface area contributed by atoms with Gasteiger partial charge in [-0.1, -0.05) is 12.1 Å². The maximum Gasteiger partial charge on any atom is 0.179 e. The molecule has 0 atom stereocenters. The van der Waals surface area contributed by atoms with E-state index in [4.69, 9.17) is 0 Å². The Balaban J connectivity index is 1.58. The Morgan fingerprint density at radius 1 is 1.17 bits per heavy atom. The summed E-state index contributed by atoms with van der Waals surface area (Å²) in [7, 11) is -3.23. The van der Waals surface area contributed by atoms with E-state index in [0.29, 0.717) is 17.5 Å². The lowest BCUT2D eigenvalue weighted by atomic mass is 10.1. The zero-order valence-electron chi connectivity index (χ0n) is 13.9. The molecule has 1 aliphatic heterocycles. The lowest BCUT2D eigenvalue weighted by molar-refractivity contribution is 0.106. The van der Waals surface area contributed by atoms with Crippen LogP contribution < -0.4 is 0 Å². The van der Waals surface area contributed by atoms with Crippen LogP contribution in [0.15, 0.2) is 35.5 Å². The summed E-state index contributed by atoms with van der Waals surface area (Å²) in [4.78, 5) is 2.64. The van der Waals surface area contributed by atoms with Crippen LogP contribution in [0.5, 0.6) is 0 Å². The number of benzene rings is 1. The fourth-order valence-electron chi connectivity index (χ4n) is 2.93. The summed E-state index contributed by atoms with van der Waals surface area (Å²) in [5.74, 6) is 0.169. The van der Waals surface area contributed by atoms with Gasteiger partial charge in [0.15, 0.2) is 9.84 Å². The molecule has 1 aliphatic rings. The average Bonchev–Trinajstić information content (AvgIpc) is 2.86. The molecule has 1 saturated heterocycles. The van der Waals surface area contributed by atoms with Gasteiger partial charge >= 0.3 is 0 Å². The van der Waals surface area contributed by atoms with Crippen molar-refractivity contribution < 1.29 is 8.42 Å². The van der Waals surface area contributed by atoms with E-state index in [1.165, 1.54) is 0 Å². The molecular formula is C17H23N3O2S. The van der Waals surface area contributed by atoms with Gasteiger partial charge in [-0.3, -0.25) is 9.58 Å². The molecule has 1 aromatic heterocycles. The molecule has 0 spiro atoms. The summed E-state index contributed by atoms with van der Waals surface area (Å²) in [5, 5.41) is 4.32. The maximum absolute atomic E-state index is 12.6. The standard InChI is InChI=1S/C17H23N3O2S/c1-13-4-5-15(3)17(8-13)23(21,22)7-6-19-11-16(12-19)20-10-14(2)9-18-20/h4-5,8-10,16H,6-7,11-12H2,1-3H3. The van der Waals surface area contributed by atoms with E-state index >= 15 is 0 Å². The van der Waals surface area contributed by atoms with E-state index in [0.717, 1.165) is 29.8 Å². The Morgan fingerprint density at radius 3 is 2.57 bits per heavy atom. The van der Waals surface area contributed by atoms with Crippen LogP contribution in [0.3, 0.4) is 0 Å². The first kappa shape index (κ1) is 16.2. The first-order valence-electron chi connectivity index (χ1n) is 7.88. The van der Waals surface area contributed by atoms with Crippen molar-refractivity contribution in [3.63, 3.8) is 0 Å². The summed E-state index contributed by atoms with van der Waals surface area (Å²) in [5.41, 5.74) is 2.96. The molecule has 1 fully saturated rings. The molecule has 23 heavy (non-hydrogen) atoms. The number of rotatable bonds is 5. The highest BCUT2D eigenvalue weighted by atomic mass is 32.2. The van der Waals surface area contributed by atoms with Gasteiger partial charge in [-0.2, -0.15) is 5.10 Å². The van der Waals surface area contributed by atoms with Gasteiger partial charge in [0.2, 0.25) is 0 Å². The van der Waals surface area contributed by atoms with Crippen LogP contribution in [0.1, 0.15) is 22.7 Å². The van der Waals surface area contributed by atoms with E-state index in [1.807, 2.05) is 50.0 Å². The highest BCUT2D eigenvalue weighted by Crippen LogP contribution is 2.22. The van der Waals surface area contributed by atoms with Crippen LogP contribution in [0, 0.1) is 20.8 Å². The van der Waals surface area contributed by atoms with Crippen molar-refractivity contribution in [3.05, 3.63) is 47.3 Å². The van der Waals surface area contributed by atoms with Crippen molar-refractivity contribution in [1.29, 1.82) is 0 Å². The lowest BCUT2D eigenvalue weighted by Crippen LogP contribution is -2.49. The molecule has 0 radical (unpaired) electrons. The van der Waals surface area contributed by atoms with Gasteiger partial charge in [-0.25, -0.2) is 8.42 Å². The Labute approximate surface area is 137 Å². The van der Waals surface area contributed by atoms with Gasteiger partial charge in [-0.15, -0.1) is 0 Å². The second kappa shape index (κ2) is 6.09. The normalized spacial score (nSPS) is 16.5. The molecular weight excluding hydrogens is 310 g/mol. The highest BCUT2D eigenvalue weighted by Gasteiger charge is 2.30. The number of nitrogens with zero attached hydrogens (tertiary/aromatic N) is 3. The Bertz CT molecular complexity index is 805. The molecule has 0 aliphatic carbocycles. The summed E-state index contributed by atoms with van der Waals surface area (Å²) < 4.78 is 27.1. The number of sulfone groups is 1. The highest BCUT2D eigenvalue weighted by molar-refractivity contribution is 7.91. The Hall–Kier alpha value is -1.66. The van der Waals surface area contributed by atoms with E-state index in [-0.39, 0.29) is 5.75 Å². The number of aromatic nitrogens is 2. The number of hydrogen-bond donors (Lipinski definition) is 0. The van der Waals surface area contributed by atoms with Crippen LogP contribution in [-0.2, 0) is 9.84 Å². The number of likely N-dealkylation sites (tertiary alicyclic amines) is 1. The Morgan fingerprint density at radius 2 is 1.91 bits per heavy atom. The largest absolute Gasteiger partial charge is 0.298 e. The molecule has 6 heteroatoms. The average molecular weight is 333 g/mol. The number of aryl methyl sites for hydroxylation is 3. The minimum absolute atomic E-state index is 0.169. The third kappa shape index (κ3) is 3.48. The van der Waals surface area contributed by atoms with Crippen molar-refractivity contribution in [2.45, 2.75) is 31.7 Å². The summed E-state index contributed by atoms with van der Waals surface area (Å²) >= 11 is 0. The molecule has 3 rings (SSSR count). The fourth-order valence-corrected chi connectivity index (χ4v) is 4.57. The molecule has 0 saturated carbocycles. The predicted octanol–water partition coefficient (Wildman–Crippen LogP) is 2.14. The van der Waals surface area contributed by atoms with Crippen LogP contribution in [0.4, 0.5) is 0 Å². The van der Waals surface area contributed by atoms with Crippen molar-refractivity contribution >= 4 is 9.84 Å². The van der Waals surface area contributed by atoms with Gasteiger partial charge in [0.05, 0.1) is 22.9 Å². The van der Waals surface area contributed by atoms with E-state index < -0.39 is 9.84 Å².